The smallest absolute Gasteiger partial charge is 0.238 e. The van der Waals surface area contributed by atoms with Gasteiger partial charge in [-0.3, -0.25) is 9.69 Å². The van der Waals surface area contributed by atoms with Gasteiger partial charge in [-0.15, -0.1) is 0 Å². The average Bonchev–Trinajstić information content (AvgIpc) is 2.86. The minimum absolute atomic E-state index is 0.0859. The Balaban J connectivity index is 1.51. The molecule has 126 valence electrons. The van der Waals surface area contributed by atoms with E-state index >= 15 is 0 Å². The summed E-state index contributed by atoms with van der Waals surface area (Å²) in [6.07, 6.45) is 4.78. The molecule has 0 atom stereocenters. The molecule has 2 aliphatic heterocycles. The molecule has 2 saturated heterocycles. The SMILES string of the molecule is O=C(CN1CCCCC1)Nc1ccc(N2CCCOCC2)cc1. The number of amides is 1. The van der Waals surface area contributed by atoms with Crippen LogP contribution in [0.4, 0.5) is 11.4 Å². The molecule has 1 N–H and O–H groups in total. The summed E-state index contributed by atoms with van der Waals surface area (Å²) in [7, 11) is 0. The molecule has 0 aromatic heterocycles. The van der Waals surface area contributed by atoms with Crippen LogP contribution in [0.5, 0.6) is 0 Å². The van der Waals surface area contributed by atoms with Crippen LogP contribution in [0.15, 0.2) is 24.3 Å². The van der Waals surface area contributed by atoms with E-state index in [1.54, 1.807) is 0 Å². The highest BCUT2D eigenvalue weighted by Crippen LogP contribution is 2.19. The maximum Gasteiger partial charge on any atom is 0.238 e. The fourth-order valence-corrected chi connectivity index (χ4v) is 3.28. The fourth-order valence-electron chi connectivity index (χ4n) is 3.28. The van der Waals surface area contributed by atoms with E-state index < -0.39 is 0 Å². The number of benzene rings is 1. The molecule has 0 bridgehead atoms. The van der Waals surface area contributed by atoms with Crippen LogP contribution in [-0.4, -0.2) is 56.7 Å². The molecule has 5 nitrogen and oxygen atoms in total. The average molecular weight is 317 g/mol. The predicted octanol–water partition coefficient (Wildman–Crippen LogP) is 2.34. The molecule has 2 heterocycles. The van der Waals surface area contributed by atoms with Crippen molar-refractivity contribution in [3.63, 3.8) is 0 Å². The Morgan fingerprint density at radius 2 is 1.74 bits per heavy atom. The zero-order valence-electron chi connectivity index (χ0n) is 13.8. The summed E-state index contributed by atoms with van der Waals surface area (Å²) in [5.41, 5.74) is 2.08. The number of anilines is 2. The van der Waals surface area contributed by atoms with Gasteiger partial charge in [0.15, 0.2) is 0 Å². The van der Waals surface area contributed by atoms with Gasteiger partial charge in [0, 0.05) is 31.1 Å². The van der Waals surface area contributed by atoms with E-state index in [-0.39, 0.29) is 5.91 Å². The standard InChI is InChI=1S/C18H27N3O2/c22-18(15-20-9-2-1-3-10-20)19-16-5-7-17(8-6-16)21-11-4-13-23-14-12-21/h5-8H,1-4,9-15H2,(H,19,22). The van der Waals surface area contributed by atoms with Gasteiger partial charge in [0.25, 0.3) is 0 Å². The quantitative estimate of drug-likeness (QED) is 0.926. The minimum Gasteiger partial charge on any atom is -0.380 e. The van der Waals surface area contributed by atoms with Crippen LogP contribution in [0, 0.1) is 0 Å². The van der Waals surface area contributed by atoms with Crippen LogP contribution in [-0.2, 0) is 9.53 Å². The molecular weight excluding hydrogens is 290 g/mol. The molecule has 1 aromatic carbocycles. The molecule has 0 saturated carbocycles. The summed E-state index contributed by atoms with van der Waals surface area (Å²) in [5, 5.41) is 3.01. The number of ether oxygens (including phenoxy) is 1. The van der Waals surface area contributed by atoms with Crippen molar-refractivity contribution in [2.24, 2.45) is 0 Å². The molecule has 0 spiro atoms. The Bertz CT molecular complexity index is 489. The summed E-state index contributed by atoms with van der Waals surface area (Å²) >= 11 is 0. The van der Waals surface area contributed by atoms with Gasteiger partial charge < -0.3 is 15.0 Å². The molecule has 2 aliphatic rings. The number of hydrogen-bond donors (Lipinski definition) is 1. The summed E-state index contributed by atoms with van der Waals surface area (Å²) in [6.45, 7) is 6.19. The van der Waals surface area contributed by atoms with E-state index in [1.165, 1.54) is 24.9 Å². The first kappa shape index (κ1) is 16.3. The van der Waals surface area contributed by atoms with Gasteiger partial charge in [0.1, 0.15) is 0 Å². The van der Waals surface area contributed by atoms with E-state index in [9.17, 15) is 4.79 Å². The summed E-state index contributed by atoms with van der Waals surface area (Å²) in [6, 6.07) is 8.16. The van der Waals surface area contributed by atoms with Gasteiger partial charge in [-0.05, 0) is 56.6 Å². The summed E-state index contributed by atoms with van der Waals surface area (Å²) in [4.78, 5) is 16.7. The van der Waals surface area contributed by atoms with E-state index in [0.29, 0.717) is 6.54 Å². The lowest BCUT2D eigenvalue weighted by molar-refractivity contribution is -0.117. The first-order chi connectivity index (χ1) is 11.3. The van der Waals surface area contributed by atoms with Crippen molar-refractivity contribution in [1.29, 1.82) is 0 Å². The lowest BCUT2D eigenvalue weighted by Crippen LogP contribution is -2.36. The Hall–Kier alpha value is -1.59. The third-order valence-corrected chi connectivity index (χ3v) is 4.55. The van der Waals surface area contributed by atoms with Crippen LogP contribution in [0.25, 0.3) is 0 Å². The number of hydrogen-bond acceptors (Lipinski definition) is 4. The first-order valence-corrected chi connectivity index (χ1v) is 8.76. The van der Waals surface area contributed by atoms with Crippen molar-refractivity contribution in [1.82, 2.24) is 4.90 Å². The Morgan fingerprint density at radius 1 is 0.957 bits per heavy atom. The van der Waals surface area contributed by atoms with E-state index in [0.717, 1.165) is 51.5 Å². The normalized spacial score (nSPS) is 20.1. The lowest BCUT2D eigenvalue weighted by atomic mass is 10.1. The number of nitrogens with one attached hydrogen (secondary N) is 1. The van der Waals surface area contributed by atoms with Crippen LogP contribution in [0.3, 0.4) is 0 Å². The van der Waals surface area contributed by atoms with Crippen molar-refractivity contribution in [3.8, 4) is 0 Å². The third kappa shape index (κ3) is 4.94. The number of nitrogens with zero attached hydrogens (tertiary/aromatic N) is 2. The van der Waals surface area contributed by atoms with Crippen LogP contribution in [0.1, 0.15) is 25.7 Å². The molecular formula is C18H27N3O2. The van der Waals surface area contributed by atoms with Gasteiger partial charge in [-0.1, -0.05) is 6.42 Å². The number of carbonyl (C=O) groups excluding carboxylic acids is 1. The van der Waals surface area contributed by atoms with Crippen molar-refractivity contribution < 1.29 is 9.53 Å². The van der Waals surface area contributed by atoms with Gasteiger partial charge in [0.2, 0.25) is 5.91 Å². The largest absolute Gasteiger partial charge is 0.380 e. The molecule has 23 heavy (non-hydrogen) atoms. The number of rotatable bonds is 4. The monoisotopic (exact) mass is 317 g/mol. The molecule has 1 amide bonds. The third-order valence-electron chi connectivity index (χ3n) is 4.55. The number of carbonyl (C=O) groups is 1. The zero-order valence-corrected chi connectivity index (χ0v) is 13.8. The fraction of sp³-hybridized carbons (Fsp3) is 0.611. The maximum absolute atomic E-state index is 12.1. The second kappa shape index (κ2) is 8.31. The second-order valence-electron chi connectivity index (χ2n) is 6.38. The van der Waals surface area contributed by atoms with Crippen molar-refractivity contribution in [2.45, 2.75) is 25.7 Å². The van der Waals surface area contributed by atoms with Crippen molar-refractivity contribution in [2.75, 3.05) is 56.2 Å². The van der Waals surface area contributed by atoms with Crippen molar-refractivity contribution >= 4 is 17.3 Å². The molecule has 0 aliphatic carbocycles. The van der Waals surface area contributed by atoms with Crippen molar-refractivity contribution in [3.05, 3.63) is 24.3 Å². The molecule has 1 aromatic rings. The molecule has 5 heteroatoms. The number of likely N-dealkylation sites (tertiary alicyclic amines) is 1. The minimum atomic E-state index is 0.0859. The van der Waals surface area contributed by atoms with E-state index in [4.69, 9.17) is 4.74 Å². The molecule has 0 radical (unpaired) electrons. The highest BCUT2D eigenvalue weighted by atomic mass is 16.5. The summed E-state index contributed by atoms with van der Waals surface area (Å²) < 4.78 is 5.49. The first-order valence-electron chi connectivity index (χ1n) is 8.76. The summed E-state index contributed by atoms with van der Waals surface area (Å²) in [5.74, 6) is 0.0859. The molecule has 3 rings (SSSR count). The number of piperidine rings is 1. The molecule has 0 unspecified atom stereocenters. The van der Waals surface area contributed by atoms with Gasteiger partial charge >= 0.3 is 0 Å². The highest BCUT2D eigenvalue weighted by Gasteiger charge is 2.14. The van der Waals surface area contributed by atoms with Gasteiger partial charge in [-0.25, -0.2) is 0 Å². The van der Waals surface area contributed by atoms with E-state index in [1.807, 2.05) is 12.1 Å². The maximum atomic E-state index is 12.1. The molecule has 2 fully saturated rings. The Morgan fingerprint density at radius 3 is 2.52 bits per heavy atom. The van der Waals surface area contributed by atoms with Gasteiger partial charge in [-0.2, -0.15) is 0 Å². The highest BCUT2D eigenvalue weighted by molar-refractivity contribution is 5.92. The van der Waals surface area contributed by atoms with Crippen LogP contribution < -0.4 is 10.2 Å². The van der Waals surface area contributed by atoms with E-state index in [2.05, 4.69) is 27.2 Å². The van der Waals surface area contributed by atoms with Crippen LogP contribution >= 0.6 is 0 Å². The topological polar surface area (TPSA) is 44.8 Å². The Labute approximate surface area is 138 Å². The Kier molecular flexibility index (Phi) is 5.88. The lowest BCUT2D eigenvalue weighted by Gasteiger charge is -2.25. The second-order valence-corrected chi connectivity index (χ2v) is 6.38. The van der Waals surface area contributed by atoms with Crippen LogP contribution in [0.2, 0.25) is 0 Å². The zero-order chi connectivity index (χ0) is 15.9. The predicted molar refractivity (Wildman–Crippen MR) is 93.0 cm³/mol. The van der Waals surface area contributed by atoms with Gasteiger partial charge in [0.05, 0.1) is 13.2 Å².